The summed E-state index contributed by atoms with van der Waals surface area (Å²) in [6, 6.07) is 7.06. The zero-order chi connectivity index (χ0) is 22.0. The van der Waals surface area contributed by atoms with E-state index >= 15 is 0 Å². The highest BCUT2D eigenvalue weighted by atomic mass is 32.1. The molecule has 8 heteroatoms. The maximum absolute atomic E-state index is 13.7. The van der Waals surface area contributed by atoms with Crippen molar-refractivity contribution in [3.63, 3.8) is 0 Å². The first-order valence-electron chi connectivity index (χ1n) is 10.6. The molecule has 1 aromatic carbocycles. The number of carbonyl (C=O) groups is 3. The number of ether oxygens (including phenoxy) is 1. The molecule has 0 radical (unpaired) electrons. The van der Waals surface area contributed by atoms with Crippen molar-refractivity contribution in [2.45, 2.75) is 63.5 Å². The summed E-state index contributed by atoms with van der Waals surface area (Å²) in [6.07, 6.45) is 3.66. The first-order valence-corrected chi connectivity index (χ1v) is 11.5. The third-order valence-electron chi connectivity index (χ3n) is 6.25. The van der Waals surface area contributed by atoms with Crippen molar-refractivity contribution in [1.82, 2.24) is 15.2 Å². The molecule has 2 fully saturated rings. The fraction of sp³-hybridized carbons (Fsp3) is 0.478. The number of amides is 3. The number of nitrogens with one attached hydrogen (secondary N) is 1. The molecule has 1 aromatic heterocycles. The molecule has 7 nitrogen and oxygen atoms in total. The molecule has 0 unspecified atom stereocenters. The molecule has 1 atom stereocenters. The molecule has 1 aliphatic heterocycles. The Balaban J connectivity index is 1.60. The first-order chi connectivity index (χ1) is 14.9. The van der Waals surface area contributed by atoms with Gasteiger partial charge in [-0.15, -0.1) is 11.3 Å². The van der Waals surface area contributed by atoms with Gasteiger partial charge in [0.2, 0.25) is 17.7 Å². The van der Waals surface area contributed by atoms with Crippen LogP contribution in [-0.4, -0.2) is 40.8 Å². The van der Waals surface area contributed by atoms with Gasteiger partial charge < -0.3 is 10.1 Å². The summed E-state index contributed by atoms with van der Waals surface area (Å²) < 4.78 is 5.24. The van der Waals surface area contributed by atoms with Crippen LogP contribution in [0.4, 0.5) is 0 Å². The maximum atomic E-state index is 13.7. The van der Waals surface area contributed by atoms with E-state index in [2.05, 4.69) is 10.3 Å². The van der Waals surface area contributed by atoms with Crippen LogP contribution >= 0.6 is 11.3 Å². The number of imide groups is 1. The molecule has 31 heavy (non-hydrogen) atoms. The van der Waals surface area contributed by atoms with Crippen LogP contribution in [-0.2, 0) is 26.3 Å². The van der Waals surface area contributed by atoms with Crippen LogP contribution in [0.3, 0.4) is 0 Å². The normalized spacial score (nSPS) is 21.7. The number of methoxy groups -OCH3 is 1. The van der Waals surface area contributed by atoms with Gasteiger partial charge in [0.05, 0.1) is 19.1 Å². The topological polar surface area (TPSA) is 88.6 Å². The predicted molar refractivity (Wildman–Crippen MR) is 117 cm³/mol. The fourth-order valence-electron chi connectivity index (χ4n) is 4.67. The largest absolute Gasteiger partial charge is 0.497 e. The lowest BCUT2D eigenvalue weighted by Crippen LogP contribution is -2.45. The Morgan fingerprint density at radius 3 is 2.58 bits per heavy atom. The molecule has 2 heterocycles. The molecule has 2 aliphatic rings. The van der Waals surface area contributed by atoms with E-state index in [0.29, 0.717) is 17.9 Å². The number of hydrogen-bond acceptors (Lipinski definition) is 6. The van der Waals surface area contributed by atoms with Gasteiger partial charge in [0.1, 0.15) is 10.8 Å². The van der Waals surface area contributed by atoms with Gasteiger partial charge in [-0.1, -0.05) is 25.0 Å². The van der Waals surface area contributed by atoms with Crippen molar-refractivity contribution in [2.24, 2.45) is 0 Å². The van der Waals surface area contributed by atoms with Crippen LogP contribution in [0, 0.1) is 6.92 Å². The molecule has 1 aliphatic carbocycles. The highest BCUT2D eigenvalue weighted by Gasteiger charge is 2.55. The van der Waals surface area contributed by atoms with Gasteiger partial charge in [0.15, 0.2) is 0 Å². The van der Waals surface area contributed by atoms with Crippen LogP contribution in [0.15, 0.2) is 29.6 Å². The molecule has 164 valence electrons. The minimum absolute atomic E-state index is 0.0123. The van der Waals surface area contributed by atoms with E-state index in [1.54, 1.807) is 31.4 Å². The summed E-state index contributed by atoms with van der Waals surface area (Å²) in [4.78, 5) is 45.4. The molecular formula is C23H27N3O4S. The van der Waals surface area contributed by atoms with Crippen molar-refractivity contribution in [3.05, 3.63) is 45.9 Å². The quantitative estimate of drug-likeness (QED) is 0.667. The number of aryl methyl sites for hydroxylation is 1. The minimum Gasteiger partial charge on any atom is -0.497 e. The van der Waals surface area contributed by atoms with Crippen molar-refractivity contribution in [3.8, 4) is 5.75 Å². The van der Waals surface area contributed by atoms with Crippen LogP contribution < -0.4 is 10.1 Å². The van der Waals surface area contributed by atoms with E-state index in [4.69, 9.17) is 4.74 Å². The molecule has 2 aromatic rings. The summed E-state index contributed by atoms with van der Waals surface area (Å²) >= 11 is 1.48. The Kier molecular flexibility index (Phi) is 6.09. The molecule has 0 bridgehead atoms. The number of nitrogens with zero attached hydrogens (tertiary/aromatic N) is 2. The Hall–Kier alpha value is -2.74. The van der Waals surface area contributed by atoms with E-state index in [0.717, 1.165) is 36.4 Å². The summed E-state index contributed by atoms with van der Waals surface area (Å²) in [5.74, 6) is -0.0455. The number of benzene rings is 1. The van der Waals surface area contributed by atoms with Gasteiger partial charge in [-0.3, -0.25) is 19.3 Å². The standard InChI is InChI=1S/C23H27N3O4S/c1-15-14-31-20(25-15)13-24-19(27)11-23(16-7-9-18(30-2)10-8-16)12-21(28)26(22(23)29)17-5-3-4-6-17/h7-10,14,17H,3-6,11-13H2,1-2H3,(H,24,27)/t23-/m0/s1. The minimum atomic E-state index is -1.19. The van der Waals surface area contributed by atoms with Crippen LogP contribution in [0.5, 0.6) is 5.75 Å². The van der Waals surface area contributed by atoms with Gasteiger partial charge in [-0.05, 0) is 37.5 Å². The van der Waals surface area contributed by atoms with E-state index in [1.165, 1.54) is 16.2 Å². The van der Waals surface area contributed by atoms with E-state index < -0.39 is 5.41 Å². The monoisotopic (exact) mass is 441 g/mol. The van der Waals surface area contributed by atoms with Gasteiger partial charge in [-0.25, -0.2) is 4.98 Å². The predicted octanol–water partition coefficient (Wildman–Crippen LogP) is 3.11. The number of likely N-dealkylation sites (tertiary alicyclic amines) is 1. The smallest absolute Gasteiger partial charge is 0.241 e. The number of aromatic nitrogens is 1. The highest BCUT2D eigenvalue weighted by molar-refractivity contribution is 7.09. The van der Waals surface area contributed by atoms with Crippen molar-refractivity contribution in [1.29, 1.82) is 0 Å². The van der Waals surface area contributed by atoms with Gasteiger partial charge in [0.25, 0.3) is 0 Å². The zero-order valence-electron chi connectivity index (χ0n) is 17.8. The summed E-state index contributed by atoms with van der Waals surface area (Å²) in [5, 5.41) is 5.62. The Bertz CT molecular complexity index is 981. The average Bonchev–Trinajstić information content (AvgIpc) is 3.48. The van der Waals surface area contributed by atoms with Gasteiger partial charge >= 0.3 is 0 Å². The van der Waals surface area contributed by atoms with Gasteiger partial charge in [-0.2, -0.15) is 0 Å². The average molecular weight is 442 g/mol. The molecule has 4 rings (SSSR count). The van der Waals surface area contributed by atoms with Crippen molar-refractivity contribution >= 4 is 29.1 Å². The maximum Gasteiger partial charge on any atom is 0.241 e. The number of carbonyl (C=O) groups excluding carboxylic acids is 3. The second-order valence-corrected chi connectivity index (χ2v) is 9.27. The second kappa shape index (κ2) is 8.78. The molecule has 0 spiro atoms. The third-order valence-corrected chi connectivity index (χ3v) is 7.21. The Morgan fingerprint density at radius 1 is 1.26 bits per heavy atom. The Morgan fingerprint density at radius 2 is 1.97 bits per heavy atom. The Labute approximate surface area is 185 Å². The lowest BCUT2D eigenvalue weighted by molar-refractivity contribution is -0.143. The van der Waals surface area contributed by atoms with E-state index in [-0.39, 0.29) is 36.6 Å². The van der Waals surface area contributed by atoms with Crippen molar-refractivity contribution < 1.29 is 19.1 Å². The SMILES string of the molecule is COc1ccc([C@]2(CC(=O)NCc3nc(C)cs3)CC(=O)N(C3CCCC3)C2=O)cc1. The number of rotatable bonds is 7. The summed E-state index contributed by atoms with van der Waals surface area (Å²) in [5.41, 5.74) is 0.398. The van der Waals surface area contributed by atoms with Gasteiger partial charge in [0, 0.05) is 30.0 Å². The van der Waals surface area contributed by atoms with E-state index in [9.17, 15) is 14.4 Å². The number of hydrogen-bond donors (Lipinski definition) is 1. The molecule has 1 N–H and O–H groups in total. The van der Waals surface area contributed by atoms with Crippen LogP contribution in [0.25, 0.3) is 0 Å². The third kappa shape index (κ3) is 4.21. The summed E-state index contributed by atoms with van der Waals surface area (Å²) in [6.45, 7) is 2.21. The van der Waals surface area contributed by atoms with Crippen LogP contribution in [0.1, 0.15) is 54.8 Å². The zero-order valence-corrected chi connectivity index (χ0v) is 18.7. The molecule has 1 saturated heterocycles. The highest BCUT2D eigenvalue weighted by Crippen LogP contribution is 2.43. The summed E-state index contributed by atoms with van der Waals surface area (Å²) in [7, 11) is 1.57. The van der Waals surface area contributed by atoms with Crippen LogP contribution in [0.2, 0.25) is 0 Å². The fourth-order valence-corrected chi connectivity index (χ4v) is 5.38. The first kappa shape index (κ1) is 21.5. The molecule has 3 amide bonds. The second-order valence-electron chi connectivity index (χ2n) is 8.33. The van der Waals surface area contributed by atoms with Crippen molar-refractivity contribution in [2.75, 3.05) is 7.11 Å². The lowest BCUT2D eigenvalue weighted by Gasteiger charge is -2.29. The molecule has 1 saturated carbocycles. The van der Waals surface area contributed by atoms with E-state index in [1.807, 2.05) is 12.3 Å². The molecular weight excluding hydrogens is 414 g/mol. The lowest BCUT2D eigenvalue weighted by atomic mass is 9.75. The number of thiazole rings is 1.